The molecular formula is C30H29N3O5. The number of nitrogens with one attached hydrogen (secondary N) is 2. The number of fused-ring (bicyclic) bond motifs is 2. The molecule has 1 amide bonds. The van der Waals surface area contributed by atoms with Crippen molar-refractivity contribution in [2.24, 2.45) is 0 Å². The standard InChI is InChI=1S/C30H29N3O5/c1-36-21-9-10-26-23(14-21)24(15-27(33-26)18-8-11-28(37-2)29(13-18)38-3)30(35)32-20(17-34)12-19-16-31-25-7-5-4-6-22(19)25/h4-11,13-16,20,31,34H,12,17H2,1-3H3,(H,32,35)/t20-/m0/s1. The van der Waals surface area contributed by atoms with Crippen molar-refractivity contribution in [3.63, 3.8) is 0 Å². The van der Waals surface area contributed by atoms with E-state index in [0.29, 0.717) is 45.8 Å². The minimum Gasteiger partial charge on any atom is -0.497 e. The average Bonchev–Trinajstić information content (AvgIpc) is 3.37. The van der Waals surface area contributed by atoms with Crippen LogP contribution in [0.25, 0.3) is 33.1 Å². The summed E-state index contributed by atoms with van der Waals surface area (Å²) in [6.07, 6.45) is 2.39. The minimum atomic E-state index is -0.486. The number of H-pyrrole nitrogens is 1. The van der Waals surface area contributed by atoms with Crippen LogP contribution in [-0.4, -0.2) is 55.0 Å². The smallest absolute Gasteiger partial charge is 0.252 e. The van der Waals surface area contributed by atoms with Crippen LogP contribution in [-0.2, 0) is 6.42 Å². The van der Waals surface area contributed by atoms with Gasteiger partial charge in [0.2, 0.25) is 0 Å². The third kappa shape index (κ3) is 4.86. The number of carbonyl (C=O) groups is 1. The van der Waals surface area contributed by atoms with Gasteiger partial charge in [0.1, 0.15) is 5.75 Å². The van der Waals surface area contributed by atoms with Crippen LogP contribution >= 0.6 is 0 Å². The highest BCUT2D eigenvalue weighted by atomic mass is 16.5. The van der Waals surface area contributed by atoms with E-state index in [1.165, 1.54) is 0 Å². The fourth-order valence-electron chi connectivity index (χ4n) is 4.65. The molecule has 0 radical (unpaired) electrons. The van der Waals surface area contributed by atoms with Gasteiger partial charge in [0.15, 0.2) is 11.5 Å². The van der Waals surface area contributed by atoms with Crippen molar-refractivity contribution in [3.8, 4) is 28.5 Å². The number of hydrogen-bond donors (Lipinski definition) is 3. The molecule has 194 valence electrons. The Morgan fingerprint density at radius 3 is 2.53 bits per heavy atom. The summed E-state index contributed by atoms with van der Waals surface area (Å²) in [7, 11) is 4.73. The van der Waals surface area contributed by atoms with Crippen LogP contribution in [0, 0.1) is 0 Å². The second kappa shape index (κ2) is 10.8. The van der Waals surface area contributed by atoms with E-state index in [1.807, 2.05) is 54.7 Å². The molecule has 0 aliphatic carbocycles. The lowest BCUT2D eigenvalue weighted by atomic mass is 10.0. The Balaban J connectivity index is 1.52. The largest absolute Gasteiger partial charge is 0.497 e. The van der Waals surface area contributed by atoms with E-state index in [1.54, 1.807) is 39.5 Å². The highest BCUT2D eigenvalue weighted by Crippen LogP contribution is 2.34. The number of aliphatic hydroxyl groups is 1. The Morgan fingerprint density at radius 2 is 1.76 bits per heavy atom. The first-order valence-corrected chi connectivity index (χ1v) is 12.2. The molecular weight excluding hydrogens is 482 g/mol. The minimum absolute atomic E-state index is 0.208. The maximum Gasteiger partial charge on any atom is 0.252 e. The summed E-state index contributed by atoms with van der Waals surface area (Å²) in [5, 5.41) is 14.9. The van der Waals surface area contributed by atoms with E-state index in [2.05, 4.69) is 10.3 Å². The number of amides is 1. The molecule has 5 aromatic rings. The predicted molar refractivity (Wildman–Crippen MR) is 147 cm³/mol. The summed E-state index contributed by atoms with van der Waals surface area (Å²) in [4.78, 5) is 21.7. The monoisotopic (exact) mass is 511 g/mol. The molecule has 0 bridgehead atoms. The molecule has 2 heterocycles. The zero-order valence-electron chi connectivity index (χ0n) is 21.4. The van der Waals surface area contributed by atoms with Gasteiger partial charge in [0.25, 0.3) is 5.91 Å². The van der Waals surface area contributed by atoms with Gasteiger partial charge in [-0.2, -0.15) is 0 Å². The second-order valence-electron chi connectivity index (χ2n) is 8.92. The second-order valence-corrected chi connectivity index (χ2v) is 8.92. The highest BCUT2D eigenvalue weighted by Gasteiger charge is 2.20. The first-order chi connectivity index (χ1) is 18.5. The predicted octanol–water partition coefficient (Wildman–Crippen LogP) is 4.74. The highest BCUT2D eigenvalue weighted by molar-refractivity contribution is 6.07. The molecule has 0 spiro atoms. The molecule has 2 aromatic heterocycles. The number of benzene rings is 3. The lowest BCUT2D eigenvalue weighted by molar-refractivity contribution is 0.0918. The first kappa shape index (κ1) is 25.1. The molecule has 0 unspecified atom stereocenters. The molecule has 5 rings (SSSR count). The Bertz CT molecular complexity index is 1610. The van der Waals surface area contributed by atoms with Crippen LogP contribution in [0.3, 0.4) is 0 Å². The number of pyridine rings is 1. The first-order valence-electron chi connectivity index (χ1n) is 12.2. The van der Waals surface area contributed by atoms with Crippen molar-refractivity contribution < 1.29 is 24.1 Å². The summed E-state index contributed by atoms with van der Waals surface area (Å²) in [6, 6.07) is 20.1. The fraction of sp³-hybridized carbons (Fsp3) is 0.200. The molecule has 3 aromatic carbocycles. The van der Waals surface area contributed by atoms with Crippen LogP contribution in [0.2, 0.25) is 0 Å². The number of methoxy groups -OCH3 is 3. The molecule has 0 aliphatic heterocycles. The molecule has 38 heavy (non-hydrogen) atoms. The summed E-state index contributed by atoms with van der Waals surface area (Å²) in [5.41, 5.74) is 4.47. The molecule has 0 saturated heterocycles. The van der Waals surface area contributed by atoms with Gasteiger partial charge in [-0.05, 0) is 60.5 Å². The van der Waals surface area contributed by atoms with Gasteiger partial charge in [-0.3, -0.25) is 4.79 Å². The SMILES string of the molecule is COc1ccc2nc(-c3ccc(OC)c(OC)c3)cc(C(=O)N[C@H](CO)Cc3c[nH]c4ccccc34)c2c1. The van der Waals surface area contributed by atoms with E-state index in [0.717, 1.165) is 22.0 Å². The Labute approximate surface area is 220 Å². The molecule has 8 heteroatoms. The van der Waals surface area contributed by atoms with Gasteiger partial charge in [0.05, 0.1) is 50.8 Å². The third-order valence-corrected chi connectivity index (χ3v) is 6.64. The van der Waals surface area contributed by atoms with Gasteiger partial charge >= 0.3 is 0 Å². The molecule has 0 fully saturated rings. The van der Waals surface area contributed by atoms with Crippen molar-refractivity contribution in [1.29, 1.82) is 0 Å². The zero-order chi connectivity index (χ0) is 26.6. The van der Waals surface area contributed by atoms with Crippen molar-refractivity contribution >= 4 is 27.7 Å². The zero-order valence-corrected chi connectivity index (χ0v) is 21.4. The van der Waals surface area contributed by atoms with Gasteiger partial charge in [-0.1, -0.05) is 18.2 Å². The number of aromatic amines is 1. The van der Waals surface area contributed by atoms with Crippen molar-refractivity contribution in [3.05, 3.63) is 84.1 Å². The van der Waals surface area contributed by atoms with E-state index >= 15 is 0 Å². The van der Waals surface area contributed by atoms with Gasteiger partial charge in [-0.15, -0.1) is 0 Å². The normalized spacial score (nSPS) is 11.9. The van der Waals surface area contributed by atoms with Crippen molar-refractivity contribution in [1.82, 2.24) is 15.3 Å². The number of nitrogens with zero attached hydrogens (tertiary/aromatic N) is 1. The van der Waals surface area contributed by atoms with E-state index < -0.39 is 6.04 Å². The number of para-hydroxylation sites is 1. The van der Waals surface area contributed by atoms with E-state index in [9.17, 15) is 9.90 Å². The molecule has 3 N–H and O–H groups in total. The van der Waals surface area contributed by atoms with Crippen LogP contribution < -0.4 is 19.5 Å². The van der Waals surface area contributed by atoms with Crippen molar-refractivity contribution in [2.75, 3.05) is 27.9 Å². The fourth-order valence-corrected chi connectivity index (χ4v) is 4.65. The van der Waals surface area contributed by atoms with Gasteiger partial charge < -0.3 is 29.6 Å². The maximum atomic E-state index is 13.7. The average molecular weight is 512 g/mol. The maximum absolute atomic E-state index is 13.7. The van der Waals surface area contributed by atoms with E-state index in [4.69, 9.17) is 19.2 Å². The topological polar surface area (TPSA) is 106 Å². The van der Waals surface area contributed by atoms with Gasteiger partial charge in [-0.25, -0.2) is 4.98 Å². The quantitative estimate of drug-likeness (QED) is 0.264. The number of rotatable bonds is 9. The van der Waals surface area contributed by atoms with Gasteiger partial charge in [0, 0.05) is 28.0 Å². The number of hydrogen-bond acceptors (Lipinski definition) is 6. The lowest BCUT2D eigenvalue weighted by Crippen LogP contribution is -2.39. The summed E-state index contributed by atoms with van der Waals surface area (Å²) in [5.74, 6) is 1.46. The Hall–Kier alpha value is -4.56. The molecule has 8 nitrogen and oxygen atoms in total. The van der Waals surface area contributed by atoms with E-state index in [-0.39, 0.29) is 12.5 Å². The number of ether oxygens (including phenoxy) is 3. The van der Waals surface area contributed by atoms with Crippen LogP contribution in [0.15, 0.2) is 72.9 Å². The lowest BCUT2D eigenvalue weighted by Gasteiger charge is -2.18. The van der Waals surface area contributed by atoms with Crippen LogP contribution in [0.4, 0.5) is 0 Å². The molecule has 0 saturated carbocycles. The van der Waals surface area contributed by atoms with Crippen molar-refractivity contribution in [2.45, 2.75) is 12.5 Å². The Morgan fingerprint density at radius 1 is 0.947 bits per heavy atom. The molecule has 1 atom stereocenters. The summed E-state index contributed by atoms with van der Waals surface area (Å²) in [6.45, 7) is -0.208. The molecule has 0 aliphatic rings. The van der Waals surface area contributed by atoms with Crippen LogP contribution in [0.5, 0.6) is 17.2 Å². The van der Waals surface area contributed by atoms with Crippen LogP contribution in [0.1, 0.15) is 15.9 Å². The summed E-state index contributed by atoms with van der Waals surface area (Å²) < 4.78 is 16.2. The third-order valence-electron chi connectivity index (χ3n) is 6.64. The number of aliphatic hydroxyl groups excluding tert-OH is 1. The number of aromatic nitrogens is 2. The number of carbonyl (C=O) groups excluding carboxylic acids is 1. The Kier molecular flexibility index (Phi) is 7.15. The summed E-state index contributed by atoms with van der Waals surface area (Å²) >= 11 is 0.